The van der Waals surface area contributed by atoms with Crippen molar-refractivity contribution in [1.82, 2.24) is 10.6 Å². The number of hydrogen-bond donors (Lipinski definition) is 3. The summed E-state index contributed by atoms with van der Waals surface area (Å²) in [5.74, 6) is 0.350. The van der Waals surface area contributed by atoms with Crippen LogP contribution in [0.5, 0.6) is 5.75 Å². The molecule has 2 rings (SSSR count). The van der Waals surface area contributed by atoms with Crippen molar-refractivity contribution in [3.05, 3.63) is 27.7 Å². The van der Waals surface area contributed by atoms with Crippen LogP contribution in [-0.2, 0) is 6.54 Å². The number of rotatable bonds is 6. The topological polar surface area (TPSA) is 53.5 Å². The highest BCUT2D eigenvalue weighted by atomic mass is 79.9. The average Bonchev–Trinajstić information content (AvgIpc) is 2.79. The summed E-state index contributed by atoms with van der Waals surface area (Å²) in [4.78, 5) is 0. The van der Waals surface area contributed by atoms with E-state index in [1.165, 1.54) is 0 Å². The van der Waals surface area contributed by atoms with E-state index < -0.39 is 6.61 Å². The molecule has 0 saturated carbocycles. The summed E-state index contributed by atoms with van der Waals surface area (Å²) in [7, 11) is 0. The van der Waals surface area contributed by atoms with Crippen LogP contribution < -0.4 is 15.4 Å². The predicted octanol–water partition coefficient (Wildman–Crippen LogP) is 2.03. The average molecular weight is 365 g/mol. The van der Waals surface area contributed by atoms with Gasteiger partial charge in [0.05, 0.1) is 6.10 Å². The molecule has 1 aromatic carbocycles. The molecule has 1 aromatic rings. The maximum Gasteiger partial charge on any atom is 0.387 e. The second-order valence-electron chi connectivity index (χ2n) is 5.21. The molecule has 0 radical (unpaired) electrons. The highest BCUT2D eigenvalue weighted by Gasteiger charge is 2.24. The van der Waals surface area contributed by atoms with E-state index in [0.717, 1.165) is 11.0 Å². The maximum atomic E-state index is 12.5. The first-order valence-corrected chi connectivity index (χ1v) is 7.60. The first-order chi connectivity index (χ1) is 9.97. The van der Waals surface area contributed by atoms with Crippen LogP contribution in [0.15, 0.2) is 16.6 Å². The van der Waals surface area contributed by atoms with Gasteiger partial charge in [0, 0.05) is 42.1 Å². The molecular weight excluding hydrogens is 346 g/mol. The molecule has 4 nitrogen and oxygen atoms in total. The van der Waals surface area contributed by atoms with Crippen LogP contribution >= 0.6 is 15.9 Å². The molecule has 3 N–H and O–H groups in total. The number of β-amino-alcohol motifs (C(OH)–C–C–N with tert-alkyl or cyclic N) is 1. The molecule has 1 fully saturated rings. The van der Waals surface area contributed by atoms with Gasteiger partial charge in [-0.1, -0.05) is 15.9 Å². The Bertz CT molecular complexity index is 488. The molecule has 21 heavy (non-hydrogen) atoms. The van der Waals surface area contributed by atoms with Gasteiger partial charge in [0.15, 0.2) is 0 Å². The summed E-state index contributed by atoms with van der Waals surface area (Å²) < 4.78 is 30.4. The molecule has 2 unspecified atom stereocenters. The number of alkyl halides is 2. The summed E-state index contributed by atoms with van der Waals surface area (Å²) in [6.45, 7) is 1.27. The van der Waals surface area contributed by atoms with Gasteiger partial charge >= 0.3 is 6.61 Å². The molecule has 118 valence electrons. The lowest BCUT2D eigenvalue weighted by molar-refractivity contribution is -0.0509. The molecule has 2 atom stereocenters. The van der Waals surface area contributed by atoms with Gasteiger partial charge in [0.1, 0.15) is 5.75 Å². The van der Waals surface area contributed by atoms with E-state index in [-0.39, 0.29) is 17.8 Å². The van der Waals surface area contributed by atoms with Gasteiger partial charge in [-0.3, -0.25) is 0 Å². The number of ether oxygens (including phenoxy) is 1. The molecular formula is C14H19BrF2N2O2. The standard InChI is InChI=1S/C14H19BrF2N2O2/c1-8-2-11(15)3-9(13(8)21-14(16)17)4-18-5-10-6-19-7-12(10)20/h2-3,10,12,14,18-20H,4-7H2,1H3. The van der Waals surface area contributed by atoms with E-state index in [4.69, 9.17) is 0 Å². The SMILES string of the molecule is Cc1cc(Br)cc(CNCC2CNCC2O)c1OC(F)F. The molecule has 1 saturated heterocycles. The van der Waals surface area contributed by atoms with E-state index in [1.54, 1.807) is 19.1 Å². The van der Waals surface area contributed by atoms with Gasteiger partial charge in [-0.05, 0) is 24.6 Å². The highest BCUT2D eigenvalue weighted by Crippen LogP contribution is 2.29. The van der Waals surface area contributed by atoms with Gasteiger partial charge in [0.25, 0.3) is 0 Å². The highest BCUT2D eigenvalue weighted by molar-refractivity contribution is 9.10. The van der Waals surface area contributed by atoms with Crippen LogP contribution in [0, 0.1) is 12.8 Å². The second kappa shape index (κ2) is 7.49. The molecule has 0 aromatic heterocycles. The minimum Gasteiger partial charge on any atom is -0.434 e. The number of benzene rings is 1. The van der Waals surface area contributed by atoms with Crippen LogP contribution in [0.1, 0.15) is 11.1 Å². The first-order valence-electron chi connectivity index (χ1n) is 6.80. The van der Waals surface area contributed by atoms with Crippen molar-refractivity contribution in [3.8, 4) is 5.75 Å². The fourth-order valence-corrected chi connectivity index (χ4v) is 3.13. The fourth-order valence-electron chi connectivity index (χ4n) is 2.51. The van der Waals surface area contributed by atoms with Gasteiger partial charge < -0.3 is 20.5 Å². The second-order valence-corrected chi connectivity index (χ2v) is 6.12. The zero-order chi connectivity index (χ0) is 15.4. The Morgan fingerprint density at radius 2 is 2.24 bits per heavy atom. The normalized spacial score (nSPS) is 22.0. The van der Waals surface area contributed by atoms with Gasteiger partial charge in [-0.2, -0.15) is 8.78 Å². The fraction of sp³-hybridized carbons (Fsp3) is 0.571. The quantitative estimate of drug-likeness (QED) is 0.722. The Morgan fingerprint density at radius 1 is 1.48 bits per heavy atom. The molecule has 0 spiro atoms. The Morgan fingerprint density at radius 3 is 2.86 bits per heavy atom. The van der Waals surface area contributed by atoms with Crippen LogP contribution in [-0.4, -0.2) is 37.5 Å². The summed E-state index contributed by atoms with van der Waals surface area (Å²) in [5, 5.41) is 16.0. The van der Waals surface area contributed by atoms with E-state index in [9.17, 15) is 13.9 Å². The Kier molecular flexibility index (Phi) is 5.92. The lowest BCUT2D eigenvalue weighted by atomic mass is 10.1. The van der Waals surface area contributed by atoms with E-state index in [2.05, 4.69) is 31.3 Å². The number of nitrogens with one attached hydrogen (secondary N) is 2. The monoisotopic (exact) mass is 364 g/mol. The molecule has 1 aliphatic rings. The van der Waals surface area contributed by atoms with Crippen molar-refractivity contribution in [1.29, 1.82) is 0 Å². The third kappa shape index (κ3) is 4.60. The minimum absolute atomic E-state index is 0.137. The third-order valence-corrected chi connectivity index (χ3v) is 4.01. The van der Waals surface area contributed by atoms with Crippen molar-refractivity contribution in [2.45, 2.75) is 26.2 Å². The number of aryl methyl sites for hydroxylation is 1. The largest absolute Gasteiger partial charge is 0.434 e. The number of aliphatic hydroxyl groups is 1. The van der Waals surface area contributed by atoms with E-state index in [1.807, 2.05) is 0 Å². The Balaban J connectivity index is 2.00. The molecule has 0 amide bonds. The van der Waals surface area contributed by atoms with Crippen LogP contribution in [0.25, 0.3) is 0 Å². The molecule has 7 heteroatoms. The third-order valence-electron chi connectivity index (χ3n) is 3.55. The Labute approximate surface area is 131 Å². The molecule has 0 bridgehead atoms. The van der Waals surface area contributed by atoms with Crippen LogP contribution in [0.2, 0.25) is 0 Å². The van der Waals surface area contributed by atoms with E-state index >= 15 is 0 Å². The molecule has 0 aliphatic carbocycles. The summed E-state index contributed by atoms with van der Waals surface area (Å²) in [5.41, 5.74) is 1.33. The number of halogens is 3. The van der Waals surface area contributed by atoms with E-state index in [0.29, 0.717) is 30.8 Å². The first kappa shape index (κ1) is 16.6. The minimum atomic E-state index is -2.84. The van der Waals surface area contributed by atoms with Gasteiger partial charge in [-0.15, -0.1) is 0 Å². The molecule has 1 heterocycles. The van der Waals surface area contributed by atoms with Crippen molar-refractivity contribution in [3.63, 3.8) is 0 Å². The smallest absolute Gasteiger partial charge is 0.387 e. The lowest BCUT2D eigenvalue weighted by Crippen LogP contribution is -2.30. The zero-order valence-corrected chi connectivity index (χ0v) is 13.3. The lowest BCUT2D eigenvalue weighted by Gasteiger charge is -2.17. The predicted molar refractivity (Wildman–Crippen MR) is 79.6 cm³/mol. The Hall–Kier alpha value is -0.760. The van der Waals surface area contributed by atoms with Crippen molar-refractivity contribution < 1.29 is 18.6 Å². The maximum absolute atomic E-state index is 12.5. The van der Waals surface area contributed by atoms with Gasteiger partial charge in [0.2, 0.25) is 0 Å². The van der Waals surface area contributed by atoms with Crippen LogP contribution in [0.3, 0.4) is 0 Å². The number of aliphatic hydroxyl groups excluding tert-OH is 1. The van der Waals surface area contributed by atoms with Crippen molar-refractivity contribution >= 4 is 15.9 Å². The molecule has 1 aliphatic heterocycles. The summed E-state index contributed by atoms with van der Waals surface area (Å²) in [6.07, 6.45) is -0.362. The summed E-state index contributed by atoms with van der Waals surface area (Å²) >= 11 is 3.36. The van der Waals surface area contributed by atoms with Crippen molar-refractivity contribution in [2.75, 3.05) is 19.6 Å². The van der Waals surface area contributed by atoms with Gasteiger partial charge in [-0.25, -0.2) is 0 Å². The number of hydrogen-bond acceptors (Lipinski definition) is 4. The van der Waals surface area contributed by atoms with Crippen LogP contribution in [0.4, 0.5) is 8.78 Å². The van der Waals surface area contributed by atoms with Crippen molar-refractivity contribution in [2.24, 2.45) is 5.92 Å². The zero-order valence-electron chi connectivity index (χ0n) is 11.7. The summed E-state index contributed by atoms with van der Waals surface area (Å²) in [6, 6.07) is 3.51.